The molecule has 2 aromatic carbocycles. The lowest BCUT2D eigenvalue weighted by molar-refractivity contribution is 0.597. The van der Waals surface area contributed by atoms with Gasteiger partial charge in [-0.3, -0.25) is 0 Å². The summed E-state index contributed by atoms with van der Waals surface area (Å²) in [5, 5.41) is 4.33. The number of benzene rings is 2. The molecule has 1 heterocycles. The van der Waals surface area contributed by atoms with E-state index in [1.807, 2.05) is 30.3 Å². The first-order chi connectivity index (χ1) is 10.3. The first-order valence-electron chi connectivity index (χ1n) is 7.29. The Morgan fingerprint density at radius 1 is 1.19 bits per heavy atom. The second kappa shape index (κ2) is 5.08. The summed E-state index contributed by atoms with van der Waals surface area (Å²) >= 11 is 6.16. The zero-order valence-corrected chi connectivity index (χ0v) is 12.3. The van der Waals surface area contributed by atoms with Crippen molar-refractivity contribution < 1.29 is 0 Å². The number of hydrogen-bond donors (Lipinski definition) is 2. The number of rotatable bonds is 2. The van der Waals surface area contributed by atoms with E-state index < -0.39 is 0 Å². The van der Waals surface area contributed by atoms with Gasteiger partial charge in [0.25, 0.3) is 0 Å². The lowest BCUT2D eigenvalue weighted by Gasteiger charge is -2.26. The Labute approximate surface area is 128 Å². The maximum absolute atomic E-state index is 6.16. The predicted molar refractivity (Wildman–Crippen MR) is 86.8 cm³/mol. The van der Waals surface area contributed by atoms with Crippen LogP contribution in [0.25, 0.3) is 11.0 Å². The smallest absolute Gasteiger partial charge is 0.201 e. The van der Waals surface area contributed by atoms with Crippen molar-refractivity contribution in [3.8, 4) is 0 Å². The van der Waals surface area contributed by atoms with E-state index >= 15 is 0 Å². The molecule has 0 spiro atoms. The average molecular weight is 298 g/mol. The molecule has 0 amide bonds. The summed E-state index contributed by atoms with van der Waals surface area (Å²) in [6.07, 6.45) is 3.42. The molecule has 3 aromatic rings. The number of anilines is 1. The molecule has 1 atom stereocenters. The molecular formula is C17H16ClN3. The Balaban J connectivity index is 1.67. The summed E-state index contributed by atoms with van der Waals surface area (Å²) in [4.78, 5) is 7.94. The summed E-state index contributed by atoms with van der Waals surface area (Å²) in [5.74, 6) is 0.828. The number of aromatic nitrogens is 2. The fourth-order valence-corrected chi connectivity index (χ4v) is 3.29. The fourth-order valence-electron chi connectivity index (χ4n) is 3.11. The summed E-state index contributed by atoms with van der Waals surface area (Å²) in [6, 6.07) is 14.5. The van der Waals surface area contributed by atoms with Gasteiger partial charge >= 0.3 is 0 Å². The van der Waals surface area contributed by atoms with Gasteiger partial charge in [0.2, 0.25) is 5.95 Å². The van der Waals surface area contributed by atoms with E-state index in [1.54, 1.807) is 0 Å². The molecule has 3 nitrogen and oxygen atoms in total. The standard InChI is InChI=1S/C17H16ClN3/c18-12-9-8-11-4-3-7-14(13(11)10-12)19-17-20-15-5-1-2-6-16(15)21-17/h1-2,5-6,8-10,14H,3-4,7H2,(H2,19,20,21). The molecule has 0 radical (unpaired) electrons. The van der Waals surface area contributed by atoms with Crippen molar-refractivity contribution in [1.82, 2.24) is 9.97 Å². The van der Waals surface area contributed by atoms with Gasteiger partial charge in [-0.25, -0.2) is 4.98 Å². The van der Waals surface area contributed by atoms with Crippen molar-refractivity contribution in [2.24, 2.45) is 0 Å². The van der Waals surface area contributed by atoms with E-state index in [0.29, 0.717) is 0 Å². The van der Waals surface area contributed by atoms with Crippen LogP contribution >= 0.6 is 11.6 Å². The highest BCUT2D eigenvalue weighted by atomic mass is 35.5. The summed E-state index contributed by atoms with van der Waals surface area (Å²) in [5.41, 5.74) is 4.73. The second-order valence-electron chi connectivity index (χ2n) is 5.53. The number of halogens is 1. The van der Waals surface area contributed by atoms with Crippen LogP contribution in [0.15, 0.2) is 42.5 Å². The van der Waals surface area contributed by atoms with Gasteiger partial charge in [-0.1, -0.05) is 29.8 Å². The highest BCUT2D eigenvalue weighted by molar-refractivity contribution is 6.30. The molecule has 0 saturated heterocycles. The molecule has 1 aliphatic rings. The fraction of sp³-hybridized carbons (Fsp3) is 0.235. The van der Waals surface area contributed by atoms with Crippen LogP contribution in [0, 0.1) is 0 Å². The molecule has 2 N–H and O–H groups in total. The summed E-state index contributed by atoms with van der Waals surface area (Å²) in [6.45, 7) is 0. The van der Waals surface area contributed by atoms with E-state index in [-0.39, 0.29) is 6.04 Å². The van der Waals surface area contributed by atoms with Crippen molar-refractivity contribution in [2.45, 2.75) is 25.3 Å². The quantitative estimate of drug-likeness (QED) is 0.719. The number of aromatic amines is 1. The van der Waals surface area contributed by atoms with Crippen molar-refractivity contribution in [1.29, 1.82) is 0 Å². The van der Waals surface area contributed by atoms with Crippen LogP contribution in [0.4, 0.5) is 5.95 Å². The summed E-state index contributed by atoms with van der Waals surface area (Å²) < 4.78 is 0. The van der Waals surface area contributed by atoms with Crippen LogP contribution in [0.1, 0.15) is 30.0 Å². The Kier molecular flexibility index (Phi) is 3.08. The molecule has 0 saturated carbocycles. The zero-order valence-electron chi connectivity index (χ0n) is 11.6. The van der Waals surface area contributed by atoms with E-state index in [4.69, 9.17) is 11.6 Å². The third kappa shape index (κ3) is 2.38. The van der Waals surface area contributed by atoms with Gasteiger partial charge in [0.05, 0.1) is 17.1 Å². The van der Waals surface area contributed by atoms with Crippen LogP contribution < -0.4 is 5.32 Å². The van der Waals surface area contributed by atoms with Crippen LogP contribution in [0.2, 0.25) is 5.02 Å². The molecule has 4 rings (SSSR count). The van der Waals surface area contributed by atoms with E-state index in [9.17, 15) is 0 Å². The van der Waals surface area contributed by atoms with Crippen LogP contribution in [0.3, 0.4) is 0 Å². The monoisotopic (exact) mass is 297 g/mol. The second-order valence-corrected chi connectivity index (χ2v) is 5.97. The van der Waals surface area contributed by atoms with Gasteiger partial charge in [0.15, 0.2) is 0 Å². The van der Waals surface area contributed by atoms with Gasteiger partial charge in [0.1, 0.15) is 0 Å². The number of imidazole rings is 1. The Morgan fingerprint density at radius 2 is 2.10 bits per heavy atom. The topological polar surface area (TPSA) is 40.7 Å². The Bertz CT molecular complexity index is 761. The number of fused-ring (bicyclic) bond motifs is 2. The maximum Gasteiger partial charge on any atom is 0.201 e. The minimum atomic E-state index is 0.271. The number of nitrogens with one attached hydrogen (secondary N) is 2. The van der Waals surface area contributed by atoms with Gasteiger partial charge in [0, 0.05) is 5.02 Å². The molecular weight excluding hydrogens is 282 g/mol. The highest BCUT2D eigenvalue weighted by Gasteiger charge is 2.21. The molecule has 106 valence electrons. The van der Waals surface area contributed by atoms with Crippen LogP contribution in [0.5, 0.6) is 0 Å². The maximum atomic E-state index is 6.16. The van der Waals surface area contributed by atoms with E-state index in [1.165, 1.54) is 17.5 Å². The predicted octanol–water partition coefficient (Wildman–Crippen LogP) is 4.71. The molecule has 0 fully saturated rings. The van der Waals surface area contributed by atoms with E-state index in [2.05, 4.69) is 27.4 Å². The first kappa shape index (κ1) is 12.7. The third-order valence-corrected chi connectivity index (χ3v) is 4.36. The van der Waals surface area contributed by atoms with Crippen LogP contribution in [-0.4, -0.2) is 9.97 Å². The van der Waals surface area contributed by atoms with Crippen LogP contribution in [-0.2, 0) is 6.42 Å². The first-order valence-corrected chi connectivity index (χ1v) is 7.67. The highest BCUT2D eigenvalue weighted by Crippen LogP contribution is 2.33. The molecule has 1 aliphatic carbocycles. The summed E-state index contributed by atoms with van der Waals surface area (Å²) in [7, 11) is 0. The van der Waals surface area contributed by atoms with E-state index in [0.717, 1.165) is 34.8 Å². The third-order valence-electron chi connectivity index (χ3n) is 4.12. The number of H-pyrrole nitrogens is 1. The average Bonchev–Trinajstić information content (AvgIpc) is 2.90. The van der Waals surface area contributed by atoms with Gasteiger partial charge in [-0.05, 0) is 54.7 Å². The van der Waals surface area contributed by atoms with Crippen molar-refractivity contribution >= 4 is 28.6 Å². The Morgan fingerprint density at radius 3 is 3.00 bits per heavy atom. The molecule has 0 aliphatic heterocycles. The lowest BCUT2D eigenvalue weighted by atomic mass is 9.88. The van der Waals surface area contributed by atoms with Crippen molar-refractivity contribution in [2.75, 3.05) is 5.32 Å². The largest absolute Gasteiger partial charge is 0.349 e. The number of nitrogens with zero attached hydrogens (tertiary/aromatic N) is 1. The minimum Gasteiger partial charge on any atom is -0.349 e. The molecule has 1 unspecified atom stereocenters. The SMILES string of the molecule is Clc1ccc2c(c1)C(Nc1nc3ccccc3[nH]1)CCC2. The van der Waals surface area contributed by atoms with Crippen molar-refractivity contribution in [3.05, 3.63) is 58.6 Å². The Hall–Kier alpha value is -2.00. The van der Waals surface area contributed by atoms with Gasteiger partial charge in [-0.2, -0.15) is 0 Å². The molecule has 0 bridgehead atoms. The van der Waals surface area contributed by atoms with Gasteiger partial charge < -0.3 is 10.3 Å². The number of aryl methyl sites for hydroxylation is 1. The lowest BCUT2D eigenvalue weighted by Crippen LogP contribution is -2.18. The number of para-hydroxylation sites is 2. The van der Waals surface area contributed by atoms with Crippen molar-refractivity contribution in [3.63, 3.8) is 0 Å². The molecule has 1 aromatic heterocycles. The molecule has 4 heteroatoms. The zero-order chi connectivity index (χ0) is 14.2. The minimum absolute atomic E-state index is 0.271. The molecule has 21 heavy (non-hydrogen) atoms. The normalized spacial score (nSPS) is 17.7. The van der Waals surface area contributed by atoms with Gasteiger partial charge in [-0.15, -0.1) is 0 Å². The number of hydrogen-bond acceptors (Lipinski definition) is 2.